The van der Waals surface area contributed by atoms with E-state index in [9.17, 15) is 4.79 Å². The smallest absolute Gasteiger partial charge is 0.220 e. The summed E-state index contributed by atoms with van der Waals surface area (Å²) in [4.78, 5) is 16.9. The van der Waals surface area contributed by atoms with Crippen molar-refractivity contribution in [2.45, 2.75) is 64.5 Å². The van der Waals surface area contributed by atoms with Crippen molar-refractivity contribution in [3.63, 3.8) is 0 Å². The third-order valence-corrected chi connectivity index (χ3v) is 5.35. The van der Waals surface area contributed by atoms with Gasteiger partial charge in [0.05, 0.1) is 5.69 Å². The van der Waals surface area contributed by atoms with Crippen molar-refractivity contribution in [2.75, 3.05) is 0 Å². The number of aryl methyl sites for hydroxylation is 2. The summed E-state index contributed by atoms with van der Waals surface area (Å²) in [6.07, 6.45) is 10.3. The van der Waals surface area contributed by atoms with E-state index in [0.29, 0.717) is 5.92 Å². The summed E-state index contributed by atoms with van der Waals surface area (Å²) >= 11 is 0. The van der Waals surface area contributed by atoms with Crippen LogP contribution in [0.5, 0.6) is 0 Å². The lowest BCUT2D eigenvalue weighted by Crippen LogP contribution is -2.41. The lowest BCUT2D eigenvalue weighted by Gasteiger charge is -2.25. The van der Waals surface area contributed by atoms with Gasteiger partial charge < -0.3 is 9.88 Å². The van der Waals surface area contributed by atoms with E-state index in [1.54, 1.807) is 0 Å². The van der Waals surface area contributed by atoms with Gasteiger partial charge in [-0.15, -0.1) is 0 Å². The van der Waals surface area contributed by atoms with Gasteiger partial charge in [-0.2, -0.15) is 0 Å². The molecule has 114 valence electrons. The molecule has 4 rings (SSSR count). The lowest BCUT2D eigenvalue weighted by molar-refractivity contribution is -0.123. The highest BCUT2D eigenvalue weighted by Gasteiger charge is 2.42. The normalized spacial score (nSPS) is 25.0. The first-order valence-electron chi connectivity index (χ1n) is 8.51. The molecule has 0 spiro atoms. The van der Waals surface area contributed by atoms with Crippen LogP contribution in [0.15, 0.2) is 6.20 Å². The van der Waals surface area contributed by atoms with Gasteiger partial charge in [0.2, 0.25) is 5.91 Å². The monoisotopic (exact) mass is 287 g/mol. The van der Waals surface area contributed by atoms with Gasteiger partial charge in [0.1, 0.15) is 5.82 Å². The Morgan fingerprint density at radius 2 is 2.05 bits per heavy atom. The number of hydrogen-bond donors (Lipinski definition) is 1. The minimum atomic E-state index is 0.282. The van der Waals surface area contributed by atoms with Crippen molar-refractivity contribution in [3.05, 3.63) is 17.7 Å². The number of aromatic nitrogens is 2. The minimum Gasteiger partial charge on any atom is -0.352 e. The van der Waals surface area contributed by atoms with E-state index in [4.69, 9.17) is 0 Å². The summed E-state index contributed by atoms with van der Waals surface area (Å²) < 4.78 is 2.21. The Labute approximate surface area is 126 Å². The molecule has 1 aromatic rings. The fraction of sp³-hybridized carbons (Fsp3) is 0.765. The van der Waals surface area contributed by atoms with Gasteiger partial charge in [0, 0.05) is 31.6 Å². The molecule has 1 amide bonds. The average Bonchev–Trinajstić information content (AvgIpc) is 3.33. The molecular weight excluding hydrogens is 262 g/mol. The van der Waals surface area contributed by atoms with Crippen LogP contribution < -0.4 is 5.32 Å². The van der Waals surface area contributed by atoms with Crippen LogP contribution in [0.3, 0.4) is 0 Å². The van der Waals surface area contributed by atoms with E-state index in [0.717, 1.165) is 43.3 Å². The van der Waals surface area contributed by atoms with Gasteiger partial charge in [0.15, 0.2) is 0 Å². The van der Waals surface area contributed by atoms with Gasteiger partial charge in [-0.1, -0.05) is 0 Å². The van der Waals surface area contributed by atoms with Crippen LogP contribution in [0.4, 0.5) is 0 Å². The number of hydrogen-bond acceptors (Lipinski definition) is 2. The van der Waals surface area contributed by atoms with E-state index < -0.39 is 0 Å². The van der Waals surface area contributed by atoms with E-state index in [-0.39, 0.29) is 11.9 Å². The fourth-order valence-electron chi connectivity index (χ4n) is 3.97. The molecule has 4 nitrogen and oxygen atoms in total. The molecule has 1 aromatic heterocycles. The Balaban J connectivity index is 1.32. The summed E-state index contributed by atoms with van der Waals surface area (Å²) in [5.74, 6) is 3.85. The molecule has 0 radical (unpaired) electrons. The first-order chi connectivity index (χ1) is 10.2. The second-order valence-corrected chi connectivity index (χ2v) is 7.30. The van der Waals surface area contributed by atoms with Gasteiger partial charge in [-0.25, -0.2) is 4.98 Å². The van der Waals surface area contributed by atoms with Crippen LogP contribution in [0.2, 0.25) is 0 Å². The molecule has 0 aromatic carbocycles. The molecule has 1 atom stereocenters. The quantitative estimate of drug-likeness (QED) is 0.904. The van der Waals surface area contributed by atoms with E-state index in [1.165, 1.54) is 31.5 Å². The third-order valence-electron chi connectivity index (χ3n) is 5.35. The molecule has 2 heterocycles. The van der Waals surface area contributed by atoms with Gasteiger partial charge in [-0.3, -0.25) is 4.79 Å². The highest BCUT2D eigenvalue weighted by molar-refractivity contribution is 5.76. The summed E-state index contributed by atoms with van der Waals surface area (Å²) in [6.45, 7) is 2.92. The second-order valence-electron chi connectivity index (χ2n) is 7.30. The predicted molar refractivity (Wildman–Crippen MR) is 80.8 cm³/mol. The van der Waals surface area contributed by atoms with Crippen LogP contribution in [-0.2, 0) is 17.8 Å². The van der Waals surface area contributed by atoms with Crippen LogP contribution in [0.25, 0.3) is 0 Å². The van der Waals surface area contributed by atoms with Crippen molar-refractivity contribution >= 4 is 5.91 Å². The Kier molecular flexibility index (Phi) is 3.27. The van der Waals surface area contributed by atoms with Crippen molar-refractivity contribution in [2.24, 2.45) is 17.8 Å². The zero-order valence-corrected chi connectivity index (χ0v) is 12.8. The Bertz CT molecular complexity index is 530. The summed E-state index contributed by atoms with van der Waals surface area (Å²) in [7, 11) is 0. The largest absolute Gasteiger partial charge is 0.352 e. The number of nitrogens with zero attached hydrogens (tertiary/aromatic N) is 2. The van der Waals surface area contributed by atoms with Crippen molar-refractivity contribution in [3.8, 4) is 0 Å². The van der Waals surface area contributed by atoms with Crippen LogP contribution in [-0.4, -0.2) is 21.5 Å². The maximum Gasteiger partial charge on any atom is 0.220 e. The number of nitrogens with one attached hydrogen (secondary N) is 1. The standard InChI is InChI=1S/C17H25N3O/c1-11-9-20-10-14(6-7-16(20)18-11)19-17(21)8-15(12-2-3-12)13-4-5-13/h9,12-15H,2-8,10H2,1H3,(H,19,21). The average molecular weight is 287 g/mol. The summed E-state index contributed by atoms with van der Waals surface area (Å²) in [5.41, 5.74) is 1.08. The molecule has 2 saturated carbocycles. The Morgan fingerprint density at radius 1 is 1.33 bits per heavy atom. The highest BCUT2D eigenvalue weighted by atomic mass is 16.1. The molecule has 4 heteroatoms. The molecule has 2 fully saturated rings. The minimum absolute atomic E-state index is 0.282. The molecular formula is C17H25N3O. The molecule has 3 aliphatic rings. The Morgan fingerprint density at radius 3 is 2.71 bits per heavy atom. The maximum atomic E-state index is 12.4. The number of amides is 1. The molecule has 1 aliphatic heterocycles. The zero-order valence-electron chi connectivity index (χ0n) is 12.8. The van der Waals surface area contributed by atoms with Crippen LogP contribution >= 0.6 is 0 Å². The van der Waals surface area contributed by atoms with Gasteiger partial charge in [-0.05, 0) is 56.8 Å². The van der Waals surface area contributed by atoms with Crippen molar-refractivity contribution in [1.82, 2.24) is 14.9 Å². The lowest BCUT2D eigenvalue weighted by atomic mass is 9.93. The molecule has 0 saturated heterocycles. The molecule has 21 heavy (non-hydrogen) atoms. The van der Waals surface area contributed by atoms with E-state index in [1.807, 2.05) is 6.92 Å². The molecule has 0 bridgehead atoms. The third kappa shape index (κ3) is 2.99. The number of imidazole rings is 1. The predicted octanol–water partition coefficient (Wildman–Crippen LogP) is 2.45. The van der Waals surface area contributed by atoms with Gasteiger partial charge in [0.25, 0.3) is 0 Å². The van der Waals surface area contributed by atoms with E-state index in [2.05, 4.69) is 21.1 Å². The van der Waals surface area contributed by atoms with Crippen molar-refractivity contribution in [1.29, 1.82) is 0 Å². The first-order valence-corrected chi connectivity index (χ1v) is 8.51. The summed E-state index contributed by atoms with van der Waals surface area (Å²) in [6, 6.07) is 0.289. The summed E-state index contributed by atoms with van der Waals surface area (Å²) in [5, 5.41) is 3.28. The van der Waals surface area contributed by atoms with E-state index >= 15 is 0 Å². The zero-order chi connectivity index (χ0) is 14.4. The van der Waals surface area contributed by atoms with Crippen LogP contribution in [0, 0.1) is 24.7 Å². The topological polar surface area (TPSA) is 46.9 Å². The first kappa shape index (κ1) is 13.4. The molecule has 1 unspecified atom stereocenters. The van der Waals surface area contributed by atoms with Gasteiger partial charge >= 0.3 is 0 Å². The SMILES string of the molecule is Cc1cn2c(n1)CCC(NC(=O)CC(C1CC1)C1CC1)C2. The number of carbonyl (C=O) groups excluding carboxylic acids is 1. The second kappa shape index (κ2) is 5.15. The highest BCUT2D eigenvalue weighted by Crippen LogP contribution is 2.50. The molecule has 2 aliphatic carbocycles. The number of fused-ring (bicyclic) bond motifs is 1. The number of carbonyl (C=O) groups is 1. The van der Waals surface area contributed by atoms with Crippen LogP contribution in [0.1, 0.15) is 50.0 Å². The molecule has 1 N–H and O–H groups in total. The Hall–Kier alpha value is -1.32. The fourth-order valence-corrected chi connectivity index (χ4v) is 3.97. The van der Waals surface area contributed by atoms with Crippen molar-refractivity contribution < 1.29 is 4.79 Å². The maximum absolute atomic E-state index is 12.4. The number of rotatable bonds is 5.